The second-order valence-electron chi connectivity index (χ2n) is 8.36. The summed E-state index contributed by atoms with van der Waals surface area (Å²) in [7, 11) is 2.20. The third-order valence-corrected chi connectivity index (χ3v) is 7.59. The SMILES string of the molecule is CC[NH+](CC)CCCNc1nc2sc3c(c2c(=O)n1-c1cccc(Cl)c1)CC[NH+](C)C3. The summed E-state index contributed by atoms with van der Waals surface area (Å²) in [4.78, 5) is 23.9. The lowest BCUT2D eigenvalue weighted by atomic mass is 10.1. The third-order valence-electron chi connectivity index (χ3n) is 6.23. The lowest BCUT2D eigenvalue weighted by molar-refractivity contribution is -0.896. The molecule has 0 bridgehead atoms. The van der Waals surface area contributed by atoms with Crippen LogP contribution in [0.3, 0.4) is 0 Å². The van der Waals surface area contributed by atoms with Gasteiger partial charge in [0.1, 0.15) is 11.4 Å². The molecule has 31 heavy (non-hydrogen) atoms. The maximum atomic E-state index is 13.7. The van der Waals surface area contributed by atoms with E-state index in [0.717, 1.165) is 68.0 Å². The van der Waals surface area contributed by atoms with Gasteiger partial charge in [-0.2, -0.15) is 0 Å². The zero-order valence-corrected chi connectivity index (χ0v) is 20.1. The highest BCUT2D eigenvalue weighted by Crippen LogP contribution is 2.31. The lowest BCUT2D eigenvalue weighted by Gasteiger charge is -2.19. The van der Waals surface area contributed by atoms with E-state index in [1.165, 1.54) is 15.3 Å². The molecule has 3 N–H and O–H groups in total. The van der Waals surface area contributed by atoms with Gasteiger partial charge in [0, 0.05) is 24.4 Å². The molecule has 166 valence electrons. The van der Waals surface area contributed by atoms with Crippen molar-refractivity contribution in [3.05, 3.63) is 50.1 Å². The number of hydrogen-bond acceptors (Lipinski definition) is 4. The van der Waals surface area contributed by atoms with Crippen molar-refractivity contribution in [1.82, 2.24) is 9.55 Å². The first-order valence-electron chi connectivity index (χ1n) is 11.2. The molecule has 2 aromatic heterocycles. The summed E-state index contributed by atoms with van der Waals surface area (Å²) in [5.41, 5.74) is 1.94. The fourth-order valence-electron chi connectivity index (χ4n) is 4.37. The van der Waals surface area contributed by atoms with Crippen LogP contribution in [-0.4, -0.2) is 49.3 Å². The van der Waals surface area contributed by atoms with Crippen molar-refractivity contribution in [3.8, 4) is 5.69 Å². The molecule has 3 aromatic rings. The summed E-state index contributed by atoms with van der Waals surface area (Å²) in [5, 5.41) is 4.85. The summed E-state index contributed by atoms with van der Waals surface area (Å²) in [6.07, 6.45) is 1.95. The van der Waals surface area contributed by atoms with E-state index in [1.807, 2.05) is 24.3 Å². The first-order valence-corrected chi connectivity index (χ1v) is 12.4. The molecule has 0 saturated carbocycles. The highest BCUT2D eigenvalue weighted by Gasteiger charge is 2.26. The van der Waals surface area contributed by atoms with E-state index < -0.39 is 0 Å². The summed E-state index contributed by atoms with van der Waals surface area (Å²) in [6.45, 7) is 10.6. The molecule has 0 spiro atoms. The number of thiophene rings is 1. The molecule has 1 aliphatic rings. The molecule has 1 aliphatic heterocycles. The van der Waals surface area contributed by atoms with E-state index in [0.29, 0.717) is 11.0 Å². The first-order chi connectivity index (χ1) is 15.0. The summed E-state index contributed by atoms with van der Waals surface area (Å²) >= 11 is 7.94. The van der Waals surface area contributed by atoms with Crippen LogP contribution in [0, 0.1) is 0 Å². The minimum atomic E-state index is 0.00110. The third kappa shape index (κ3) is 4.65. The van der Waals surface area contributed by atoms with E-state index in [1.54, 1.807) is 20.8 Å². The molecule has 1 aromatic carbocycles. The van der Waals surface area contributed by atoms with Gasteiger partial charge in [0.25, 0.3) is 5.56 Å². The van der Waals surface area contributed by atoms with Crippen LogP contribution in [0.4, 0.5) is 5.95 Å². The van der Waals surface area contributed by atoms with E-state index in [-0.39, 0.29) is 5.56 Å². The maximum Gasteiger partial charge on any atom is 0.268 e. The van der Waals surface area contributed by atoms with Crippen molar-refractivity contribution in [3.63, 3.8) is 0 Å². The van der Waals surface area contributed by atoms with Crippen molar-refractivity contribution in [2.75, 3.05) is 45.1 Å². The Labute approximate surface area is 192 Å². The standard InChI is InChI=1S/C23H30ClN5OS/c1-4-28(5-2)12-7-11-25-23-26-21-20(18-10-13-27(3)15-19(18)31-21)22(30)29(23)17-9-6-8-16(24)14-17/h6,8-9,14H,4-5,7,10-13,15H2,1-3H3,(H,25,26)/p+2. The molecule has 6 nitrogen and oxygen atoms in total. The number of likely N-dealkylation sites (N-methyl/N-ethyl adjacent to an activating group) is 1. The Kier molecular flexibility index (Phi) is 6.96. The van der Waals surface area contributed by atoms with Crippen LogP contribution in [-0.2, 0) is 13.0 Å². The summed E-state index contributed by atoms with van der Waals surface area (Å²) in [5.74, 6) is 0.605. The Morgan fingerprint density at radius 3 is 2.87 bits per heavy atom. The Balaban J connectivity index is 1.74. The van der Waals surface area contributed by atoms with Crippen LogP contribution in [0.15, 0.2) is 29.1 Å². The number of quaternary nitrogens is 2. The van der Waals surface area contributed by atoms with Crippen LogP contribution in [0.1, 0.15) is 30.7 Å². The zero-order valence-electron chi connectivity index (χ0n) is 18.6. The molecular formula is C23H32ClN5OS+2. The van der Waals surface area contributed by atoms with E-state index in [4.69, 9.17) is 16.6 Å². The smallest absolute Gasteiger partial charge is 0.268 e. The van der Waals surface area contributed by atoms with Gasteiger partial charge in [0.15, 0.2) is 0 Å². The molecule has 0 radical (unpaired) electrons. The Morgan fingerprint density at radius 1 is 1.32 bits per heavy atom. The summed E-state index contributed by atoms with van der Waals surface area (Å²) < 4.78 is 1.71. The topological polar surface area (TPSA) is 55.8 Å². The predicted octanol–water partition coefficient (Wildman–Crippen LogP) is 1.40. The van der Waals surface area contributed by atoms with Gasteiger partial charge in [-0.25, -0.2) is 9.55 Å². The van der Waals surface area contributed by atoms with Gasteiger partial charge in [-0.15, -0.1) is 11.3 Å². The highest BCUT2D eigenvalue weighted by molar-refractivity contribution is 7.18. The highest BCUT2D eigenvalue weighted by atomic mass is 35.5. The summed E-state index contributed by atoms with van der Waals surface area (Å²) in [6, 6.07) is 7.46. The number of aromatic nitrogens is 2. The second kappa shape index (κ2) is 9.69. The van der Waals surface area contributed by atoms with Crippen molar-refractivity contribution in [2.24, 2.45) is 0 Å². The van der Waals surface area contributed by atoms with Gasteiger partial charge in [-0.1, -0.05) is 17.7 Å². The molecular weight excluding hydrogens is 430 g/mol. The van der Waals surface area contributed by atoms with Crippen LogP contribution < -0.4 is 20.7 Å². The maximum absolute atomic E-state index is 13.7. The molecule has 0 fully saturated rings. The number of anilines is 1. The van der Waals surface area contributed by atoms with Crippen LogP contribution in [0.5, 0.6) is 0 Å². The van der Waals surface area contributed by atoms with E-state index in [2.05, 4.69) is 26.2 Å². The number of nitrogens with zero attached hydrogens (tertiary/aromatic N) is 2. The lowest BCUT2D eigenvalue weighted by Crippen LogP contribution is -3.11. The Morgan fingerprint density at radius 2 is 2.13 bits per heavy atom. The molecule has 1 unspecified atom stereocenters. The number of halogens is 1. The Bertz CT molecular complexity index is 1120. The molecule has 0 saturated heterocycles. The van der Waals surface area contributed by atoms with Crippen molar-refractivity contribution < 1.29 is 9.80 Å². The van der Waals surface area contributed by atoms with Gasteiger partial charge in [-0.05, 0) is 37.6 Å². The quantitative estimate of drug-likeness (QED) is 0.444. The number of fused-ring (bicyclic) bond motifs is 3. The molecule has 0 amide bonds. The number of benzene rings is 1. The van der Waals surface area contributed by atoms with E-state index >= 15 is 0 Å². The van der Waals surface area contributed by atoms with Gasteiger partial charge >= 0.3 is 0 Å². The number of hydrogen-bond donors (Lipinski definition) is 3. The van der Waals surface area contributed by atoms with Crippen molar-refractivity contribution in [2.45, 2.75) is 33.2 Å². The fourth-order valence-corrected chi connectivity index (χ4v) is 5.88. The van der Waals surface area contributed by atoms with E-state index in [9.17, 15) is 4.79 Å². The Hall–Kier alpha value is -1.93. The first kappa shape index (κ1) is 22.3. The molecule has 0 aliphatic carbocycles. The minimum Gasteiger partial charge on any atom is -0.355 e. The number of rotatable bonds is 8. The molecule has 8 heteroatoms. The molecule has 3 heterocycles. The molecule has 4 rings (SSSR count). The molecule has 1 atom stereocenters. The van der Waals surface area contributed by atoms with Crippen LogP contribution >= 0.6 is 22.9 Å². The van der Waals surface area contributed by atoms with Crippen molar-refractivity contribution in [1.29, 1.82) is 0 Å². The monoisotopic (exact) mass is 461 g/mol. The normalized spacial score (nSPS) is 16.1. The van der Waals surface area contributed by atoms with Crippen LogP contribution in [0.2, 0.25) is 5.02 Å². The predicted molar refractivity (Wildman–Crippen MR) is 129 cm³/mol. The van der Waals surface area contributed by atoms with Gasteiger partial charge < -0.3 is 15.1 Å². The zero-order chi connectivity index (χ0) is 22.0. The average molecular weight is 462 g/mol. The van der Waals surface area contributed by atoms with Crippen molar-refractivity contribution >= 4 is 39.1 Å². The number of nitrogens with one attached hydrogen (secondary N) is 3. The minimum absolute atomic E-state index is 0.00110. The average Bonchev–Trinajstić information content (AvgIpc) is 3.11. The largest absolute Gasteiger partial charge is 0.355 e. The van der Waals surface area contributed by atoms with Gasteiger partial charge in [-0.3, -0.25) is 4.79 Å². The van der Waals surface area contributed by atoms with Gasteiger partial charge in [0.05, 0.1) is 49.2 Å². The second-order valence-corrected chi connectivity index (χ2v) is 9.88. The fraction of sp³-hybridized carbons (Fsp3) is 0.478. The van der Waals surface area contributed by atoms with Crippen LogP contribution in [0.25, 0.3) is 15.9 Å². The van der Waals surface area contributed by atoms with Gasteiger partial charge in [0.2, 0.25) is 5.95 Å².